The highest BCUT2D eigenvalue weighted by molar-refractivity contribution is 6.31. The molecule has 134 valence electrons. The van der Waals surface area contributed by atoms with Gasteiger partial charge in [0.15, 0.2) is 0 Å². The second-order valence-electron chi connectivity index (χ2n) is 6.23. The molecular weight excluding hydrogens is 346 g/mol. The summed E-state index contributed by atoms with van der Waals surface area (Å²) < 4.78 is 0. The van der Waals surface area contributed by atoms with Crippen LogP contribution in [-0.2, 0) is 6.54 Å². The maximum absolute atomic E-state index is 6.21. The Hall–Kier alpha value is -2.79. The Morgan fingerprint density at radius 3 is 2.42 bits per heavy atom. The Bertz CT molecular complexity index is 878. The molecule has 2 aromatic carbocycles. The quantitative estimate of drug-likeness (QED) is 0.651. The number of rotatable bonds is 6. The number of hydrogen-bond donors (Lipinski definition) is 2. The van der Waals surface area contributed by atoms with Crippen LogP contribution in [0.25, 0.3) is 0 Å². The number of nitrogens with one attached hydrogen (secondary N) is 2. The van der Waals surface area contributed by atoms with E-state index in [4.69, 9.17) is 11.6 Å². The maximum Gasteiger partial charge on any atom is 0.229 e. The number of benzene rings is 2. The molecule has 5 nitrogen and oxygen atoms in total. The van der Waals surface area contributed by atoms with E-state index in [2.05, 4.69) is 37.6 Å². The van der Waals surface area contributed by atoms with Gasteiger partial charge < -0.3 is 15.5 Å². The van der Waals surface area contributed by atoms with Crippen LogP contribution in [0.4, 0.5) is 23.1 Å². The molecule has 2 N–H and O–H groups in total. The number of aryl methyl sites for hydroxylation is 1. The molecule has 0 spiro atoms. The summed E-state index contributed by atoms with van der Waals surface area (Å²) in [5.41, 5.74) is 3.99. The van der Waals surface area contributed by atoms with Crippen molar-refractivity contribution < 1.29 is 0 Å². The van der Waals surface area contributed by atoms with E-state index in [-0.39, 0.29) is 0 Å². The van der Waals surface area contributed by atoms with Crippen molar-refractivity contribution in [1.82, 2.24) is 9.97 Å². The van der Waals surface area contributed by atoms with Crippen molar-refractivity contribution in [3.8, 4) is 0 Å². The summed E-state index contributed by atoms with van der Waals surface area (Å²) in [5, 5.41) is 7.31. The fourth-order valence-corrected chi connectivity index (χ4v) is 2.72. The highest BCUT2D eigenvalue weighted by Crippen LogP contribution is 2.20. The molecular formula is C20H22ClN5. The normalized spacial score (nSPS) is 10.5. The van der Waals surface area contributed by atoms with Crippen molar-refractivity contribution >= 4 is 34.7 Å². The van der Waals surface area contributed by atoms with E-state index in [0.29, 0.717) is 12.5 Å². The minimum Gasteiger partial charge on any atom is -0.378 e. The zero-order valence-corrected chi connectivity index (χ0v) is 15.9. The highest BCUT2D eigenvalue weighted by Gasteiger charge is 2.05. The zero-order valence-electron chi connectivity index (χ0n) is 15.1. The lowest BCUT2D eigenvalue weighted by atomic mass is 10.2. The number of nitrogens with zero attached hydrogens (tertiary/aromatic N) is 3. The average Bonchev–Trinajstić information content (AvgIpc) is 2.61. The van der Waals surface area contributed by atoms with Crippen LogP contribution < -0.4 is 15.5 Å². The summed E-state index contributed by atoms with van der Waals surface area (Å²) in [5.74, 6) is 1.31. The first-order valence-electron chi connectivity index (χ1n) is 8.38. The predicted octanol–water partition coefficient (Wildman–Crippen LogP) is 4.86. The predicted molar refractivity (Wildman–Crippen MR) is 110 cm³/mol. The first-order chi connectivity index (χ1) is 12.5. The molecule has 0 aliphatic carbocycles. The van der Waals surface area contributed by atoms with Gasteiger partial charge in [0.25, 0.3) is 0 Å². The molecule has 0 saturated heterocycles. The van der Waals surface area contributed by atoms with Crippen LogP contribution in [0.15, 0.2) is 54.6 Å². The summed E-state index contributed by atoms with van der Waals surface area (Å²) in [6, 6.07) is 17.8. The average molecular weight is 368 g/mol. The van der Waals surface area contributed by atoms with E-state index < -0.39 is 0 Å². The Balaban J connectivity index is 1.72. The third-order valence-corrected chi connectivity index (χ3v) is 4.28. The van der Waals surface area contributed by atoms with Gasteiger partial charge in [-0.05, 0) is 42.8 Å². The lowest BCUT2D eigenvalue weighted by Gasteiger charge is -2.13. The molecule has 0 atom stereocenters. The molecule has 0 radical (unpaired) electrons. The van der Waals surface area contributed by atoms with Crippen LogP contribution in [0.1, 0.15) is 11.3 Å². The third kappa shape index (κ3) is 4.64. The van der Waals surface area contributed by atoms with E-state index in [1.165, 1.54) is 0 Å². The van der Waals surface area contributed by atoms with Gasteiger partial charge in [-0.25, -0.2) is 4.98 Å². The van der Waals surface area contributed by atoms with Crippen molar-refractivity contribution in [2.45, 2.75) is 13.5 Å². The lowest BCUT2D eigenvalue weighted by Crippen LogP contribution is -2.08. The van der Waals surface area contributed by atoms with E-state index in [1.54, 1.807) is 0 Å². The third-order valence-electron chi connectivity index (χ3n) is 3.91. The number of aromatic nitrogens is 2. The minimum absolute atomic E-state index is 0.560. The van der Waals surface area contributed by atoms with Crippen molar-refractivity contribution in [3.63, 3.8) is 0 Å². The van der Waals surface area contributed by atoms with Crippen LogP contribution >= 0.6 is 11.6 Å². The Morgan fingerprint density at radius 1 is 1.00 bits per heavy atom. The molecule has 6 heteroatoms. The van der Waals surface area contributed by atoms with Gasteiger partial charge in [0, 0.05) is 48.8 Å². The van der Waals surface area contributed by atoms with Gasteiger partial charge in [0.05, 0.1) is 0 Å². The number of anilines is 4. The number of hydrogen-bond acceptors (Lipinski definition) is 5. The standard InChI is InChI=1S/C20H22ClN5/c1-14-12-19(22-13-15-6-4-5-7-18(15)21)25-20(23-14)24-16-8-10-17(11-9-16)26(2)3/h4-12H,13H2,1-3H3,(H2,22,23,24,25). The maximum atomic E-state index is 6.21. The molecule has 1 heterocycles. The molecule has 3 rings (SSSR count). The van der Waals surface area contributed by atoms with E-state index in [9.17, 15) is 0 Å². The van der Waals surface area contributed by atoms with Gasteiger partial charge in [0.2, 0.25) is 5.95 Å². The second kappa shape index (κ2) is 8.06. The van der Waals surface area contributed by atoms with Gasteiger partial charge in [-0.3, -0.25) is 0 Å². The summed E-state index contributed by atoms with van der Waals surface area (Å²) >= 11 is 6.21. The molecule has 3 aromatic rings. The van der Waals surface area contributed by atoms with Crippen molar-refractivity contribution in [2.24, 2.45) is 0 Å². The summed E-state index contributed by atoms with van der Waals surface area (Å²) in [7, 11) is 4.03. The first kappa shape index (κ1) is 18.0. The fourth-order valence-electron chi connectivity index (χ4n) is 2.51. The first-order valence-corrected chi connectivity index (χ1v) is 8.76. The smallest absolute Gasteiger partial charge is 0.229 e. The van der Waals surface area contributed by atoms with Crippen molar-refractivity contribution in [1.29, 1.82) is 0 Å². The van der Waals surface area contributed by atoms with Crippen LogP contribution in [-0.4, -0.2) is 24.1 Å². The topological polar surface area (TPSA) is 53.1 Å². The van der Waals surface area contributed by atoms with E-state index in [1.807, 2.05) is 63.5 Å². The lowest BCUT2D eigenvalue weighted by molar-refractivity contribution is 1.06. The molecule has 0 aliphatic rings. The Labute approximate surface area is 159 Å². The second-order valence-corrected chi connectivity index (χ2v) is 6.64. The zero-order chi connectivity index (χ0) is 18.5. The molecule has 0 unspecified atom stereocenters. The largest absolute Gasteiger partial charge is 0.378 e. The molecule has 26 heavy (non-hydrogen) atoms. The monoisotopic (exact) mass is 367 g/mol. The molecule has 0 aliphatic heterocycles. The minimum atomic E-state index is 0.560. The summed E-state index contributed by atoms with van der Waals surface area (Å²) in [6.45, 7) is 2.55. The van der Waals surface area contributed by atoms with Crippen LogP contribution in [0, 0.1) is 6.92 Å². The van der Waals surface area contributed by atoms with E-state index >= 15 is 0 Å². The van der Waals surface area contributed by atoms with Gasteiger partial charge in [-0.1, -0.05) is 29.8 Å². The van der Waals surface area contributed by atoms with Crippen molar-refractivity contribution in [2.75, 3.05) is 29.6 Å². The van der Waals surface area contributed by atoms with Gasteiger partial charge in [-0.2, -0.15) is 4.98 Å². The molecule has 0 amide bonds. The molecule has 0 bridgehead atoms. The molecule has 0 fully saturated rings. The summed E-state index contributed by atoms with van der Waals surface area (Å²) in [4.78, 5) is 11.1. The van der Waals surface area contributed by atoms with Crippen LogP contribution in [0.5, 0.6) is 0 Å². The van der Waals surface area contributed by atoms with Crippen molar-refractivity contribution in [3.05, 3.63) is 70.9 Å². The van der Waals surface area contributed by atoms with E-state index in [0.717, 1.165) is 33.5 Å². The Morgan fingerprint density at radius 2 is 1.73 bits per heavy atom. The molecule has 0 saturated carbocycles. The van der Waals surface area contributed by atoms with Gasteiger partial charge >= 0.3 is 0 Å². The van der Waals surface area contributed by atoms with Gasteiger partial charge in [0.1, 0.15) is 5.82 Å². The highest BCUT2D eigenvalue weighted by atomic mass is 35.5. The van der Waals surface area contributed by atoms with Crippen LogP contribution in [0.3, 0.4) is 0 Å². The van der Waals surface area contributed by atoms with Gasteiger partial charge in [-0.15, -0.1) is 0 Å². The molecule has 1 aromatic heterocycles. The number of halogens is 1. The summed E-state index contributed by atoms with van der Waals surface area (Å²) in [6.07, 6.45) is 0. The SMILES string of the molecule is Cc1cc(NCc2ccccc2Cl)nc(Nc2ccc(N(C)C)cc2)n1. The fraction of sp³-hybridized carbons (Fsp3) is 0.200. The Kier molecular flexibility index (Phi) is 5.58. The van der Waals surface area contributed by atoms with Crippen LogP contribution in [0.2, 0.25) is 5.02 Å².